The third-order valence-corrected chi connectivity index (χ3v) is 3.87. The topological polar surface area (TPSA) is 59.4 Å². The third-order valence-electron chi connectivity index (χ3n) is 3.87. The Bertz CT molecular complexity index is 915. The average Bonchev–Trinajstić information content (AvgIpc) is 2.52. The lowest BCUT2D eigenvalue weighted by Crippen LogP contribution is -2.12. The van der Waals surface area contributed by atoms with Crippen molar-refractivity contribution in [2.24, 2.45) is 0 Å². The van der Waals surface area contributed by atoms with E-state index in [1.54, 1.807) is 43.6 Å². The number of phenolic OH excluding ortho intramolecular Hbond substituents is 1. The maximum Gasteiger partial charge on any atom is 0.212 e. The summed E-state index contributed by atoms with van der Waals surface area (Å²) in [7, 11) is 1.57. The van der Waals surface area contributed by atoms with Crippen LogP contribution in [-0.2, 0) is 0 Å². The van der Waals surface area contributed by atoms with Crippen molar-refractivity contribution in [2.45, 2.75) is 0 Å². The number of aromatic hydroxyl groups is 1. The number of hydrogen-bond acceptors (Lipinski definition) is 4. The molecule has 1 N–H and O–H groups in total. The highest BCUT2D eigenvalue weighted by atomic mass is 16.5. The van der Waals surface area contributed by atoms with Gasteiger partial charge < -0.3 is 9.84 Å². The Morgan fingerprint density at radius 2 is 1.95 bits per heavy atom. The molecule has 0 aliphatic heterocycles. The summed E-state index contributed by atoms with van der Waals surface area (Å²) in [6.45, 7) is 0. The second kappa shape index (κ2) is 4.06. The molecule has 1 aromatic heterocycles. The van der Waals surface area contributed by atoms with E-state index in [4.69, 9.17) is 4.74 Å². The van der Waals surface area contributed by atoms with Gasteiger partial charge in [0, 0.05) is 28.3 Å². The summed E-state index contributed by atoms with van der Waals surface area (Å²) in [6, 6.07) is 10.5. The molecule has 21 heavy (non-hydrogen) atoms. The molecule has 2 aromatic carbocycles. The highest BCUT2D eigenvalue weighted by molar-refractivity contribution is 6.25. The fourth-order valence-corrected chi connectivity index (χ4v) is 2.89. The summed E-state index contributed by atoms with van der Waals surface area (Å²) in [5.41, 5.74) is 2.24. The van der Waals surface area contributed by atoms with Crippen molar-refractivity contribution in [3.8, 4) is 22.6 Å². The molecule has 0 fully saturated rings. The molecule has 4 heteroatoms. The fraction of sp³-hybridized carbons (Fsp3) is 0.0588. The van der Waals surface area contributed by atoms with Crippen LogP contribution < -0.4 is 4.74 Å². The minimum atomic E-state index is -0.128. The standard InChI is InChI=1S/C17H11NO3/c1-21-10-3-4-11-12(8-10)15-13(19)5-2-9-6-7-18-16(14(9)15)17(11)20/h2-8,19H,1H3. The van der Waals surface area contributed by atoms with Crippen molar-refractivity contribution >= 4 is 16.6 Å². The van der Waals surface area contributed by atoms with Crippen LogP contribution in [0.4, 0.5) is 0 Å². The van der Waals surface area contributed by atoms with E-state index < -0.39 is 0 Å². The Labute approximate surface area is 120 Å². The molecular weight excluding hydrogens is 266 g/mol. The minimum absolute atomic E-state index is 0.128. The first-order chi connectivity index (χ1) is 10.2. The summed E-state index contributed by atoms with van der Waals surface area (Å²) >= 11 is 0. The molecule has 4 rings (SSSR count). The number of ether oxygens (including phenoxy) is 1. The van der Waals surface area contributed by atoms with Gasteiger partial charge in [0.05, 0.1) is 7.11 Å². The summed E-state index contributed by atoms with van der Waals surface area (Å²) in [5, 5.41) is 11.9. The van der Waals surface area contributed by atoms with Crippen molar-refractivity contribution in [3.63, 3.8) is 0 Å². The molecule has 102 valence electrons. The molecule has 1 heterocycles. The molecule has 0 radical (unpaired) electrons. The van der Waals surface area contributed by atoms with Crippen LogP contribution in [0, 0.1) is 0 Å². The number of hydrogen-bond donors (Lipinski definition) is 1. The zero-order valence-corrected chi connectivity index (χ0v) is 11.3. The molecule has 1 aliphatic rings. The highest BCUT2D eigenvalue weighted by Crippen LogP contribution is 2.44. The number of phenols is 1. The zero-order valence-electron chi connectivity index (χ0n) is 11.3. The van der Waals surface area contributed by atoms with Gasteiger partial charge in [0.2, 0.25) is 5.78 Å². The lowest BCUT2D eigenvalue weighted by atomic mass is 9.85. The summed E-state index contributed by atoms with van der Waals surface area (Å²) in [5.74, 6) is 0.653. The largest absolute Gasteiger partial charge is 0.507 e. The zero-order chi connectivity index (χ0) is 14.6. The fourth-order valence-electron chi connectivity index (χ4n) is 2.89. The van der Waals surface area contributed by atoms with Crippen LogP contribution in [0.1, 0.15) is 16.1 Å². The van der Waals surface area contributed by atoms with Gasteiger partial charge in [-0.05, 0) is 35.7 Å². The number of carbonyl (C=O) groups excluding carboxylic acids is 1. The lowest BCUT2D eigenvalue weighted by Gasteiger charge is -2.20. The van der Waals surface area contributed by atoms with Gasteiger partial charge in [-0.25, -0.2) is 0 Å². The van der Waals surface area contributed by atoms with Gasteiger partial charge in [-0.3, -0.25) is 9.78 Å². The van der Waals surface area contributed by atoms with E-state index in [9.17, 15) is 9.90 Å². The normalized spacial score (nSPS) is 12.3. The van der Waals surface area contributed by atoms with Crippen LogP contribution in [0.3, 0.4) is 0 Å². The minimum Gasteiger partial charge on any atom is -0.507 e. The van der Waals surface area contributed by atoms with Crippen LogP contribution in [0.15, 0.2) is 42.6 Å². The van der Waals surface area contributed by atoms with E-state index in [1.807, 2.05) is 6.07 Å². The van der Waals surface area contributed by atoms with Gasteiger partial charge in [-0.15, -0.1) is 0 Å². The Balaban J connectivity index is 2.22. The first kappa shape index (κ1) is 11.9. The Hall–Kier alpha value is -2.88. The number of methoxy groups -OCH3 is 1. The highest BCUT2D eigenvalue weighted by Gasteiger charge is 2.28. The van der Waals surface area contributed by atoms with Crippen molar-refractivity contribution in [3.05, 3.63) is 53.9 Å². The number of fused-ring (bicyclic) bond motifs is 2. The van der Waals surface area contributed by atoms with Gasteiger partial charge in [-0.1, -0.05) is 6.07 Å². The summed E-state index contributed by atoms with van der Waals surface area (Å²) in [4.78, 5) is 16.8. The number of carbonyl (C=O) groups is 1. The van der Waals surface area contributed by atoms with Crippen molar-refractivity contribution in [1.29, 1.82) is 0 Å². The number of nitrogens with zero attached hydrogens (tertiary/aromatic N) is 1. The van der Waals surface area contributed by atoms with Crippen LogP contribution in [0.5, 0.6) is 11.5 Å². The maximum absolute atomic E-state index is 12.6. The van der Waals surface area contributed by atoms with Crippen LogP contribution in [-0.4, -0.2) is 23.0 Å². The first-order valence-electron chi connectivity index (χ1n) is 6.54. The monoisotopic (exact) mass is 277 g/mol. The smallest absolute Gasteiger partial charge is 0.212 e. The quantitative estimate of drug-likeness (QED) is 0.580. The molecule has 0 saturated carbocycles. The molecule has 1 aliphatic carbocycles. The molecule has 0 amide bonds. The molecule has 0 saturated heterocycles. The molecule has 0 bridgehead atoms. The van der Waals surface area contributed by atoms with Crippen molar-refractivity contribution in [2.75, 3.05) is 7.11 Å². The van der Waals surface area contributed by atoms with E-state index >= 15 is 0 Å². The predicted octanol–water partition coefficient (Wildman–Crippen LogP) is 3.16. The number of aromatic nitrogens is 1. The van der Waals surface area contributed by atoms with Gasteiger partial charge in [-0.2, -0.15) is 0 Å². The SMILES string of the molecule is COc1ccc2c(c1)-c1c(O)ccc3ccnc(c13)C2=O. The van der Waals surface area contributed by atoms with Crippen LogP contribution in [0.2, 0.25) is 0 Å². The van der Waals surface area contributed by atoms with Crippen LogP contribution >= 0.6 is 0 Å². The number of rotatable bonds is 1. The van der Waals surface area contributed by atoms with Crippen molar-refractivity contribution < 1.29 is 14.6 Å². The third kappa shape index (κ3) is 1.50. The van der Waals surface area contributed by atoms with Gasteiger partial charge in [0.25, 0.3) is 0 Å². The van der Waals surface area contributed by atoms with Crippen molar-refractivity contribution in [1.82, 2.24) is 4.98 Å². The second-order valence-corrected chi connectivity index (χ2v) is 4.96. The molecule has 0 unspecified atom stereocenters. The lowest BCUT2D eigenvalue weighted by molar-refractivity contribution is 0.103. The Kier molecular flexibility index (Phi) is 2.30. The van der Waals surface area contributed by atoms with Gasteiger partial charge in [0.15, 0.2) is 0 Å². The predicted molar refractivity (Wildman–Crippen MR) is 78.8 cm³/mol. The molecule has 4 nitrogen and oxygen atoms in total. The van der Waals surface area contributed by atoms with E-state index in [1.165, 1.54) is 0 Å². The van der Waals surface area contributed by atoms with E-state index in [-0.39, 0.29) is 11.5 Å². The maximum atomic E-state index is 12.6. The molecular formula is C17H11NO3. The average molecular weight is 277 g/mol. The number of ketones is 1. The second-order valence-electron chi connectivity index (χ2n) is 4.96. The van der Waals surface area contributed by atoms with E-state index in [0.29, 0.717) is 33.5 Å². The number of benzene rings is 2. The Morgan fingerprint density at radius 1 is 1.10 bits per heavy atom. The molecule has 3 aromatic rings. The van der Waals surface area contributed by atoms with Gasteiger partial charge >= 0.3 is 0 Å². The van der Waals surface area contributed by atoms with Gasteiger partial charge in [0.1, 0.15) is 17.2 Å². The Morgan fingerprint density at radius 3 is 2.76 bits per heavy atom. The molecule has 0 spiro atoms. The number of pyridine rings is 1. The van der Waals surface area contributed by atoms with Crippen LogP contribution in [0.25, 0.3) is 21.9 Å². The van der Waals surface area contributed by atoms with E-state index in [0.717, 1.165) is 5.39 Å². The summed E-state index contributed by atoms with van der Waals surface area (Å²) < 4.78 is 5.23. The summed E-state index contributed by atoms with van der Waals surface area (Å²) in [6.07, 6.45) is 1.62. The molecule has 0 atom stereocenters. The van der Waals surface area contributed by atoms with E-state index in [2.05, 4.69) is 4.98 Å². The first-order valence-corrected chi connectivity index (χ1v) is 6.54.